The topological polar surface area (TPSA) is 44.7 Å². The summed E-state index contributed by atoms with van der Waals surface area (Å²) >= 11 is 0. The van der Waals surface area contributed by atoms with Crippen molar-refractivity contribution in [1.82, 2.24) is 14.9 Å². The summed E-state index contributed by atoms with van der Waals surface area (Å²) in [5.74, 6) is 1.60. The second kappa shape index (κ2) is 7.97. The van der Waals surface area contributed by atoms with Gasteiger partial charge in [-0.3, -0.25) is 4.90 Å². The summed E-state index contributed by atoms with van der Waals surface area (Å²) in [7, 11) is 0. The van der Waals surface area contributed by atoms with Crippen molar-refractivity contribution in [3.63, 3.8) is 0 Å². The Morgan fingerprint density at radius 3 is 2.35 bits per heavy atom. The van der Waals surface area contributed by atoms with Crippen molar-refractivity contribution in [3.8, 4) is 0 Å². The van der Waals surface area contributed by atoms with Crippen LogP contribution in [0.25, 0.3) is 0 Å². The largest absolute Gasteiger partial charge is 0.378 e. The highest BCUT2D eigenvalue weighted by molar-refractivity contribution is 5.44. The van der Waals surface area contributed by atoms with Crippen LogP contribution >= 0.6 is 0 Å². The van der Waals surface area contributed by atoms with Crippen LogP contribution in [0.5, 0.6) is 0 Å². The van der Waals surface area contributed by atoms with Gasteiger partial charge in [-0.15, -0.1) is 0 Å². The molecule has 0 N–H and O–H groups in total. The normalized spacial score (nSPS) is 19.0. The quantitative estimate of drug-likeness (QED) is 0.831. The molecule has 2 aromatic rings. The van der Waals surface area contributed by atoms with Gasteiger partial charge in [0.1, 0.15) is 11.6 Å². The van der Waals surface area contributed by atoms with Crippen LogP contribution < -0.4 is 9.80 Å². The molecule has 0 saturated carbocycles. The van der Waals surface area contributed by atoms with E-state index in [4.69, 9.17) is 9.72 Å². The molecule has 138 valence electrons. The second-order valence-electron chi connectivity index (χ2n) is 6.70. The standard InChI is InChI=1S/C19H24FN5O/c20-17-3-1-16(2-4-17)15-23-7-9-25(10-8-23)19-21-6-5-18(22-19)24-11-13-26-14-12-24/h1-6H,7-15H2. The Labute approximate surface area is 153 Å². The lowest BCUT2D eigenvalue weighted by Gasteiger charge is -2.35. The summed E-state index contributed by atoms with van der Waals surface area (Å²) in [5, 5.41) is 0. The van der Waals surface area contributed by atoms with Gasteiger partial charge in [0, 0.05) is 52.0 Å². The van der Waals surface area contributed by atoms with E-state index in [9.17, 15) is 4.39 Å². The first-order valence-electron chi connectivity index (χ1n) is 9.15. The van der Waals surface area contributed by atoms with E-state index in [1.54, 1.807) is 0 Å². The van der Waals surface area contributed by atoms with Crippen molar-refractivity contribution in [2.75, 3.05) is 62.3 Å². The number of benzene rings is 1. The van der Waals surface area contributed by atoms with E-state index in [1.807, 2.05) is 24.4 Å². The molecular formula is C19H24FN5O. The van der Waals surface area contributed by atoms with Crippen LogP contribution in [0.4, 0.5) is 16.2 Å². The lowest BCUT2D eigenvalue weighted by atomic mass is 10.2. The highest BCUT2D eigenvalue weighted by Gasteiger charge is 2.20. The zero-order valence-corrected chi connectivity index (χ0v) is 14.9. The Morgan fingerprint density at radius 2 is 1.62 bits per heavy atom. The average molecular weight is 357 g/mol. The second-order valence-corrected chi connectivity index (χ2v) is 6.70. The molecule has 2 saturated heterocycles. The number of hydrogen-bond donors (Lipinski definition) is 0. The highest BCUT2D eigenvalue weighted by atomic mass is 19.1. The average Bonchev–Trinajstić information content (AvgIpc) is 2.71. The fourth-order valence-corrected chi connectivity index (χ4v) is 3.41. The zero-order chi connectivity index (χ0) is 17.8. The molecule has 0 bridgehead atoms. The summed E-state index contributed by atoms with van der Waals surface area (Å²) < 4.78 is 18.4. The Bertz CT molecular complexity index is 712. The van der Waals surface area contributed by atoms with Crippen LogP contribution in [-0.4, -0.2) is 67.4 Å². The van der Waals surface area contributed by atoms with E-state index in [-0.39, 0.29) is 5.82 Å². The van der Waals surface area contributed by atoms with Crippen molar-refractivity contribution in [1.29, 1.82) is 0 Å². The van der Waals surface area contributed by atoms with E-state index in [1.165, 1.54) is 12.1 Å². The number of piperazine rings is 1. The number of halogens is 1. The molecule has 4 rings (SSSR count). The molecule has 0 unspecified atom stereocenters. The van der Waals surface area contributed by atoms with Gasteiger partial charge in [0.05, 0.1) is 13.2 Å². The molecule has 0 amide bonds. The van der Waals surface area contributed by atoms with Crippen molar-refractivity contribution in [2.24, 2.45) is 0 Å². The molecular weight excluding hydrogens is 333 g/mol. The first-order valence-corrected chi connectivity index (χ1v) is 9.15. The van der Waals surface area contributed by atoms with Gasteiger partial charge in [0.25, 0.3) is 0 Å². The highest BCUT2D eigenvalue weighted by Crippen LogP contribution is 2.18. The van der Waals surface area contributed by atoms with Crippen LogP contribution in [-0.2, 0) is 11.3 Å². The molecule has 2 aliphatic rings. The van der Waals surface area contributed by atoms with Gasteiger partial charge in [0.15, 0.2) is 0 Å². The summed E-state index contributed by atoms with van der Waals surface area (Å²) in [6.45, 7) is 7.79. The predicted octanol–water partition coefficient (Wildman–Crippen LogP) is 1.77. The van der Waals surface area contributed by atoms with Crippen molar-refractivity contribution in [2.45, 2.75) is 6.54 Å². The molecule has 0 radical (unpaired) electrons. The van der Waals surface area contributed by atoms with Crippen LogP contribution in [0.1, 0.15) is 5.56 Å². The van der Waals surface area contributed by atoms with Gasteiger partial charge in [-0.1, -0.05) is 12.1 Å². The molecule has 7 heteroatoms. The molecule has 1 aromatic heterocycles. The Kier molecular flexibility index (Phi) is 5.26. The molecule has 2 aliphatic heterocycles. The number of rotatable bonds is 4. The third-order valence-corrected chi connectivity index (χ3v) is 4.94. The maximum absolute atomic E-state index is 13.0. The number of ether oxygens (including phenoxy) is 1. The smallest absolute Gasteiger partial charge is 0.227 e. The molecule has 3 heterocycles. The lowest BCUT2D eigenvalue weighted by molar-refractivity contribution is 0.122. The first-order chi connectivity index (χ1) is 12.8. The number of nitrogens with zero attached hydrogens (tertiary/aromatic N) is 5. The Balaban J connectivity index is 1.35. The minimum absolute atomic E-state index is 0.184. The van der Waals surface area contributed by atoms with Crippen LogP contribution in [0.2, 0.25) is 0 Å². The fourth-order valence-electron chi connectivity index (χ4n) is 3.41. The monoisotopic (exact) mass is 357 g/mol. The van der Waals surface area contributed by atoms with Crippen LogP contribution in [0, 0.1) is 5.82 Å². The Hall–Kier alpha value is -2.25. The number of anilines is 2. The van der Waals surface area contributed by atoms with Crippen LogP contribution in [0.3, 0.4) is 0 Å². The lowest BCUT2D eigenvalue weighted by Crippen LogP contribution is -2.46. The number of aromatic nitrogens is 2. The van der Waals surface area contributed by atoms with Gasteiger partial charge in [-0.2, -0.15) is 4.98 Å². The number of hydrogen-bond acceptors (Lipinski definition) is 6. The molecule has 2 fully saturated rings. The van der Waals surface area contributed by atoms with Crippen LogP contribution in [0.15, 0.2) is 36.5 Å². The summed E-state index contributed by atoms with van der Waals surface area (Å²) in [5.41, 5.74) is 1.14. The van der Waals surface area contributed by atoms with E-state index in [0.717, 1.165) is 76.4 Å². The summed E-state index contributed by atoms with van der Waals surface area (Å²) in [6.07, 6.45) is 1.85. The predicted molar refractivity (Wildman–Crippen MR) is 99.0 cm³/mol. The SMILES string of the molecule is Fc1ccc(CN2CCN(c3nccc(N4CCOCC4)n3)CC2)cc1. The summed E-state index contributed by atoms with van der Waals surface area (Å²) in [4.78, 5) is 16.1. The fraction of sp³-hybridized carbons (Fsp3) is 0.474. The molecule has 6 nitrogen and oxygen atoms in total. The minimum Gasteiger partial charge on any atom is -0.378 e. The maximum Gasteiger partial charge on any atom is 0.227 e. The molecule has 0 atom stereocenters. The van der Waals surface area contributed by atoms with E-state index in [2.05, 4.69) is 19.7 Å². The van der Waals surface area contributed by atoms with Gasteiger partial charge in [-0.05, 0) is 23.8 Å². The molecule has 1 aromatic carbocycles. The third kappa shape index (κ3) is 4.11. The van der Waals surface area contributed by atoms with Gasteiger partial charge in [0.2, 0.25) is 5.95 Å². The molecule has 26 heavy (non-hydrogen) atoms. The zero-order valence-electron chi connectivity index (χ0n) is 14.9. The van der Waals surface area contributed by atoms with E-state index < -0.39 is 0 Å². The minimum atomic E-state index is -0.184. The van der Waals surface area contributed by atoms with E-state index in [0.29, 0.717) is 0 Å². The summed E-state index contributed by atoms with van der Waals surface area (Å²) in [6, 6.07) is 8.74. The maximum atomic E-state index is 13.0. The van der Waals surface area contributed by atoms with E-state index >= 15 is 0 Å². The van der Waals surface area contributed by atoms with Crippen molar-refractivity contribution in [3.05, 3.63) is 47.9 Å². The van der Waals surface area contributed by atoms with Crippen molar-refractivity contribution >= 4 is 11.8 Å². The molecule has 0 spiro atoms. The van der Waals surface area contributed by atoms with Crippen molar-refractivity contribution < 1.29 is 9.13 Å². The first kappa shape index (κ1) is 17.2. The van der Waals surface area contributed by atoms with Gasteiger partial charge >= 0.3 is 0 Å². The molecule has 0 aliphatic carbocycles. The number of morpholine rings is 1. The van der Waals surface area contributed by atoms with Gasteiger partial charge in [-0.25, -0.2) is 9.37 Å². The Morgan fingerprint density at radius 1 is 0.885 bits per heavy atom. The third-order valence-electron chi connectivity index (χ3n) is 4.94. The van der Waals surface area contributed by atoms with Gasteiger partial charge < -0.3 is 14.5 Å².